The van der Waals surface area contributed by atoms with Crippen LogP contribution >= 0.6 is 11.6 Å². The third-order valence-electron chi connectivity index (χ3n) is 6.87. The van der Waals surface area contributed by atoms with E-state index in [-0.39, 0.29) is 16.8 Å². The van der Waals surface area contributed by atoms with Crippen molar-refractivity contribution in [1.29, 1.82) is 0 Å². The molecule has 186 valence electrons. The molecule has 1 aromatic heterocycles. The number of rotatable bonds is 6. The van der Waals surface area contributed by atoms with Gasteiger partial charge in [-0.3, -0.25) is 4.90 Å². The van der Waals surface area contributed by atoms with Gasteiger partial charge in [0, 0.05) is 30.6 Å². The first kappa shape index (κ1) is 24.0. The van der Waals surface area contributed by atoms with E-state index >= 15 is 0 Å². The molecule has 0 unspecified atom stereocenters. The second-order valence-electron chi connectivity index (χ2n) is 9.11. The van der Waals surface area contributed by atoms with Crippen LogP contribution in [0.2, 0.25) is 5.02 Å². The Morgan fingerprint density at radius 2 is 1.80 bits per heavy atom. The highest BCUT2D eigenvalue weighted by atomic mass is 35.5. The number of nitrogens with one attached hydrogen (secondary N) is 1. The number of halogens is 2. The van der Waals surface area contributed by atoms with Gasteiger partial charge in [0.25, 0.3) is 0 Å². The number of aliphatic hydroxyl groups excluding tert-OH is 2. The van der Waals surface area contributed by atoms with Gasteiger partial charge in [-0.15, -0.1) is 0 Å². The van der Waals surface area contributed by atoms with Crippen LogP contribution in [0.15, 0.2) is 36.7 Å². The zero-order valence-electron chi connectivity index (χ0n) is 19.3. The van der Waals surface area contributed by atoms with E-state index in [1.54, 1.807) is 25.3 Å². The summed E-state index contributed by atoms with van der Waals surface area (Å²) in [6.45, 7) is 1.03. The summed E-state index contributed by atoms with van der Waals surface area (Å²) >= 11 is 5.93. The van der Waals surface area contributed by atoms with Crippen molar-refractivity contribution < 1.29 is 24.1 Å². The number of aliphatic hydroxyl groups is 2. The van der Waals surface area contributed by atoms with Crippen LogP contribution in [-0.4, -0.2) is 69.6 Å². The molecule has 8 nitrogen and oxygen atoms in total. The third-order valence-corrected chi connectivity index (χ3v) is 7.16. The number of hydrogen-bond donors (Lipinski definition) is 3. The lowest BCUT2D eigenvalue weighted by Gasteiger charge is -2.34. The van der Waals surface area contributed by atoms with E-state index < -0.39 is 18.0 Å². The van der Waals surface area contributed by atoms with Crippen LogP contribution in [0.1, 0.15) is 25.7 Å². The maximum Gasteiger partial charge on any atom is 0.165 e. The molecule has 2 atom stereocenters. The number of ether oxygens (including phenoxy) is 2. The molecule has 3 aromatic rings. The number of nitrogens with zero attached hydrogens (tertiary/aromatic N) is 3. The first-order chi connectivity index (χ1) is 16.9. The Morgan fingerprint density at radius 3 is 2.51 bits per heavy atom. The first-order valence-electron chi connectivity index (χ1n) is 11.7. The Labute approximate surface area is 207 Å². The number of β-amino-alcohol motifs (C(OH)–C–C–N with tert-alkyl or cyclic N) is 2. The summed E-state index contributed by atoms with van der Waals surface area (Å²) in [6.07, 6.45) is 3.60. The third kappa shape index (κ3) is 4.99. The molecule has 0 amide bonds. The molecule has 5 rings (SSSR count). The van der Waals surface area contributed by atoms with Crippen LogP contribution in [0.3, 0.4) is 0 Å². The van der Waals surface area contributed by atoms with Crippen molar-refractivity contribution in [2.75, 3.05) is 25.5 Å². The van der Waals surface area contributed by atoms with Gasteiger partial charge in [-0.2, -0.15) is 0 Å². The Kier molecular flexibility index (Phi) is 6.93. The number of aromatic nitrogens is 2. The molecule has 1 saturated carbocycles. The van der Waals surface area contributed by atoms with E-state index in [9.17, 15) is 14.6 Å². The molecule has 2 aromatic carbocycles. The summed E-state index contributed by atoms with van der Waals surface area (Å²) in [4.78, 5) is 10.8. The lowest BCUT2D eigenvalue weighted by molar-refractivity contribution is 0.0572. The van der Waals surface area contributed by atoms with Crippen molar-refractivity contribution in [3.8, 4) is 11.5 Å². The second kappa shape index (κ2) is 10.1. The number of benzene rings is 2. The molecule has 0 bridgehead atoms. The van der Waals surface area contributed by atoms with Gasteiger partial charge in [0.2, 0.25) is 0 Å². The van der Waals surface area contributed by atoms with E-state index in [1.807, 2.05) is 6.07 Å². The Balaban J connectivity index is 1.34. The molecule has 0 spiro atoms. The van der Waals surface area contributed by atoms with E-state index in [0.717, 1.165) is 25.7 Å². The van der Waals surface area contributed by atoms with Gasteiger partial charge in [-0.25, -0.2) is 14.4 Å². The molecule has 1 saturated heterocycles. The highest BCUT2D eigenvalue weighted by Crippen LogP contribution is 2.38. The maximum atomic E-state index is 14.5. The molecule has 10 heteroatoms. The second-order valence-corrected chi connectivity index (χ2v) is 9.51. The Morgan fingerprint density at radius 1 is 1.06 bits per heavy atom. The molecule has 2 aliphatic rings. The standard InChI is InChI=1S/C25H28ClFN4O4/c1-34-22-10-19-16(25(29-13-28-19)30-18-4-2-3-17(26)24(18)27)9-23(22)35-15-7-5-14(6-8-15)31-11-20(32)21(33)12-31/h2-4,9-10,13-15,20-21,32-33H,5-8,11-12H2,1H3,(H,28,29,30)/t14?,15?,20-,21-/m1/s1. The van der Waals surface area contributed by atoms with Crippen LogP contribution < -0.4 is 14.8 Å². The zero-order chi connectivity index (χ0) is 24.5. The van der Waals surface area contributed by atoms with Crippen LogP contribution in [0.5, 0.6) is 11.5 Å². The van der Waals surface area contributed by atoms with Crippen molar-refractivity contribution in [3.63, 3.8) is 0 Å². The molecule has 3 N–H and O–H groups in total. The van der Waals surface area contributed by atoms with Crippen molar-refractivity contribution in [2.24, 2.45) is 0 Å². The van der Waals surface area contributed by atoms with Crippen LogP contribution in [0.4, 0.5) is 15.9 Å². The van der Waals surface area contributed by atoms with Crippen molar-refractivity contribution in [1.82, 2.24) is 14.9 Å². The normalized spacial score (nSPS) is 25.1. The average molecular weight is 503 g/mol. The van der Waals surface area contributed by atoms with E-state index in [0.29, 0.717) is 47.4 Å². The van der Waals surface area contributed by atoms with Gasteiger partial charge in [-0.05, 0) is 43.9 Å². The fourth-order valence-electron chi connectivity index (χ4n) is 4.95. The molecular weight excluding hydrogens is 475 g/mol. The van der Waals surface area contributed by atoms with E-state index in [4.69, 9.17) is 21.1 Å². The maximum absolute atomic E-state index is 14.5. The van der Waals surface area contributed by atoms with E-state index in [1.165, 1.54) is 12.4 Å². The topological polar surface area (TPSA) is 100.0 Å². The van der Waals surface area contributed by atoms with Crippen molar-refractivity contribution in [3.05, 3.63) is 47.5 Å². The molecule has 2 fully saturated rings. The highest BCUT2D eigenvalue weighted by molar-refractivity contribution is 6.31. The summed E-state index contributed by atoms with van der Waals surface area (Å²) in [5, 5.41) is 23.4. The Hall–Kier alpha value is -2.72. The fourth-order valence-corrected chi connectivity index (χ4v) is 5.12. The lowest BCUT2D eigenvalue weighted by Crippen LogP contribution is -2.39. The van der Waals surface area contributed by atoms with Crippen LogP contribution in [0, 0.1) is 5.82 Å². The quantitative estimate of drug-likeness (QED) is 0.466. The zero-order valence-corrected chi connectivity index (χ0v) is 20.1. The SMILES string of the molecule is COc1cc2ncnc(Nc3cccc(Cl)c3F)c2cc1OC1CCC(N2C[C@@H](O)[C@H](O)C2)CC1. The monoisotopic (exact) mass is 502 g/mol. The summed E-state index contributed by atoms with van der Waals surface area (Å²) < 4.78 is 26.4. The minimum Gasteiger partial charge on any atom is -0.493 e. The van der Waals surface area contributed by atoms with E-state index in [2.05, 4.69) is 20.2 Å². The number of fused-ring (bicyclic) bond motifs is 1. The molecule has 35 heavy (non-hydrogen) atoms. The Bertz CT molecular complexity index is 1200. The van der Waals surface area contributed by atoms with Crippen molar-refractivity contribution >= 4 is 34.0 Å². The smallest absolute Gasteiger partial charge is 0.165 e. The predicted molar refractivity (Wildman–Crippen MR) is 131 cm³/mol. The van der Waals surface area contributed by atoms with Gasteiger partial charge < -0.3 is 25.0 Å². The first-order valence-corrected chi connectivity index (χ1v) is 12.1. The minimum atomic E-state index is -0.670. The summed E-state index contributed by atoms with van der Waals surface area (Å²) in [7, 11) is 1.58. The highest BCUT2D eigenvalue weighted by Gasteiger charge is 2.36. The minimum absolute atomic E-state index is 0.00136. The van der Waals surface area contributed by atoms with Gasteiger partial charge in [-0.1, -0.05) is 17.7 Å². The van der Waals surface area contributed by atoms with Gasteiger partial charge >= 0.3 is 0 Å². The number of methoxy groups -OCH3 is 1. The molecule has 1 aliphatic heterocycles. The molecular formula is C25H28ClFN4O4. The van der Waals surface area contributed by atoms with Crippen LogP contribution in [0.25, 0.3) is 10.9 Å². The predicted octanol–water partition coefficient (Wildman–Crippen LogP) is 3.90. The van der Waals surface area contributed by atoms with Crippen molar-refractivity contribution in [2.45, 2.75) is 50.0 Å². The molecule has 0 radical (unpaired) electrons. The number of hydrogen-bond acceptors (Lipinski definition) is 8. The summed E-state index contributed by atoms with van der Waals surface area (Å²) in [5.41, 5.74) is 0.843. The molecule has 1 aliphatic carbocycles. The lowest BCUT2D eigenvalue weighted by atomic mass is 9.92. The largest absolute Gasteiger partial charge is 0.493 e. The summed E-state index contributed by atoms with van der Waals surface area (Å²) in [5.74, 6) is 1.00. The van der Waals surface area contributed by atoms with Gasteiger partial charge in [0.1, 0.15) is 12.1 Å². The molecule has 2 heterocycles. The van der Waals surface area contributed by atoms with Crippen LogP contribution in [-0.2, 0) is 0 Å². The van der Waals surface area contributed by atoms with Gasteiger partial charge in [0.05, 0.1) is 41.6 Å². The fraction of sp³-hybridized carbons (Fsp3) is 0.440. The number of anilines is 2. The van der Waals surface area contributed by atoms with Gasteiger partial charge in [0.15, 0.2) is 17.3 Å². The summed E-state index contributed by atoms with van der Waals surface area (Å²) in [6, 6.07) is 8.67. The average Bonchev–Trinajstić information content (AvgIpc) is 3.20. The number of likely N-dealkylation sites (tertiary alicyclic amines) is 1.